The van der Waals surface area contributed by atoms with E-state index in [1.165, 1.54) is 31.4 Å². The van der Waals surface area contributed by atoms with Crippen molar-refractivity contribution in [3.63, 3.8) is 0 Å². The van der Waals surface area contributed by atoms with Crippen LogP contribution in [0, 0.1) is 25.7 Å². The molecule has 4 bridgehead atoms. The van der Waals surface area contributed by atoms with Gasteiger partial charge in [0.2, 0.25) is 11.8 Å². The zero-order valence-electron chi connectivity index (χ0n) is 32.0. The largest absolute Gasteiger partial charge is 0.475 e. The number of carbonyl (C=O) groups is 1. The average Bonchev–Trinajstić information content (AvgIpc) is 3.34. The van der Waals surface area contributed by atoms with Crippen LogP contribution in [0.15, 0.2) is 65.7 Å². The van der Waals surface area contributed by atoms with E-state index in [-0.39, 0.29) is 52.2 Å². The third-order valence-corrected chi connectivity index (χ3v) is 13.0. The van der Waals surface area contributed by atoms with Gasteiger partial charge in [0, 0.05) is 35.3 Å². The topological polar surface area (TPSA) is 132 Å². The van der Waals surface area contributed by atoms with Crippen LogP contribution in [-0.2, 0) is 22.5 Å². The smallest absolute Gasteiger partial charge is 0.264 e. The van der Waals surface area contributed by atoms with Crippen LogP contribution in [-0.4, -0.2) is 56.4 Å². The van der Waals surface area contributed by atoms with Crippen molar-refractivity contribution in [1.82, 2.24) is 29.4 Å². The maximum Gasteiger partial charge on any atom is 0.264 e. The Labute approximate surface area is 317 Å². The zero-order chi connectivity index (χ0) is 37.9. The first kappa shape index (κ1) is 36.2. The second-order valence-electron chi connectivity index (χ2n) is 16.5. The number of benzene rings is 2. The summed E-state index contributed by atoms with van der Waals surface area (Å²) in [5.74, 6) is 0.633. The molecule has 3 aliphatic rings. The van der Waals surface area contributed by atoms with Gasteiger partial charge in [-0.3, -0.25) is 9.78 Å². The number of nitrogens with zero attached hydrogens (tertiary/aromatic N) is 6. The lowest BCUT2D eigenvalue weighted by atomic mass is 9.76. The van der Waals surface area contributed by atoms with E-state index in [0.29, 0.717) is 23.7 Å². The van der Waals surface area contributed by atoms with Gasteiger partial charge in [-0.05, 0) is 80.3 Å². The molecule has 2 aliphatic heterocycles. The number of anilines is 1. The molecular weight excluding hydrogens is 699 g/mol. The van der Waals surface area contributed by atoms with Crippen LogP contribution in [0.5, 0.6) is 5.88 Å². The first-order chi connectivity index (χ1) is 25.8. The zero-order valence-corrected chi connectivity index (χ0v) is 32.8. The molecule has 1 aliphatic carbocycles. The van der Waals surface area contributed by atoms with Gasteiger partial charge in [0.15, 0.2) is 5.65 Å². The highest BCUT2D eigenvalue weighted by atomic mass is 32.2. The van der Waals surface area contributed by atoms with Crippen LogP contribution in [0.4, 0.5) is 5.95 Å². The molecule has 5 heterocycles. The molecule has 3 atom stereocenters. The second kappa shape index (κ2) is 13.8. The Morgan fingerprint density at radius 2 is 1.67 bits per heavy atom. The normalized spacial score (nSPS) is 21.8. The Bertz CT molecular complexity index is 2340. The lowest BCUT2D eigenvalue weighted by Gasteiger charge is -2.41. The summed E-state index contributed by atoms with van der Waals surface area (Å²) in [6.45, 7) is 10.7. The van der Waals surface area contributed by atoms with Crippen molar-refractivity contribution in [2.45, 2.75) is 102 Å². The molecule has 0 radical (unpaired) electrons. The molecule has 5 aromatic rings. The number of carbonyl (C=O) groups excluding carboxylic acids is 1. The summed E-state index contributed by atoms with van der Waals surface area (Å²) in [5, 5.41) is 0. The molecule has 1 saturated carbocycles. The minimum Gasteiger partial charge on any atom is -0.475 e. The highest BCUT2D eigenvalue weighted by molar-refractivity contribution is 7.92. The van der Waals surface area contributed by atoms with Crippen molar-refractivity contribution in [2.75, 3.05) is 11.3 Å². The standard InChI is InChI=1S/C42H49N7O4S/c1-25-11-7-12-26(2)38(25)31-22-37-46-41(45-31)47-54(51,52)30-17-9-16-29(20-30)40(50)49-34(18-10-15-28(35(49)24-53-37)19-27-13-8-14-27)33-23-43-32-21-36(42(3,4)5)48(6)39(32)44-33/h7,9,11-12,16-17,20-23,27-28,34-35H,8,10,13-15,18-19,24H2,1-6H3,(H,45,46,47)/t28-,34?,35-/m0/s1. The van der Waals surface area contributed by atoms with Crippen LogP contribution in [0.25, 0.3) is 22.4 Å². The molecule has 11 nitrogen and oxygen atoms in total. The summed E-state index contributed by atoms with van der Waals surface area (Å²) < 4.78 is 39.2. The van der Waals surface area contributed by atoms with Crippen molar-refractivity contribution in [3.05, 3.63) is 88.9 Å². The molecule has 282 valence electrons. The van der Waals surface area contributed by atoms with Gasteiger partial charge >= 0.3 is 0 Å². The quantitative estimate of drug-likeness (QED) is 0.195. The molecular formula is C42H49N7O4S. The fourth-order valence-corrected chi connectivity index (χ4v) is 9.74. The average molecular weight is 748 g/mol. The van der Waals surface area contributed by atoms with E-state index >= 15 is 4.79 Å². The van der Waals surface area contributed by atoms with Crippen LogP contribution in [0.3, 0.4) is 0 Å². The van der Waals surface area contributed by atoms with Crippen molar-refractivity contribution in [2.24, 2.45) is 18.9 Å². The van der Waals surface area contributed by atoms with Gasteiger partial charge in [-0.2, -0.15) is 4.98 Å². The maximum absolute atomic E-state index is 15.1. The highest BCUT2D eigenvalue weighted by Gasteiger charge is 2.42. The number of aromatic nitrogens is 5. The van der Waals surface area contributed by atoms with Gasteiger partial charge in [-0.1, -0.05) is 70.7 Å². The van der Waals surface area contributed by atoms with Gasteiger partial charge in [0.05, 0.1) is 34.6 Å². The second-order valence-corrected chi connectivity index (χ2v) is 18.2. The summed E-state index contributed by atoms with van der Waals surface area (Å²) in [6, 6.07) is 15.4. The van der Waals surface area contributed by atoms with Gasteiger partial charge in [0.1, 0.15) is 12.1 Å². The first-order valence-corrected chi connectivity index (χ1v) is 20.6. The fraction of sp³-hybridized carbons (Fsp3) is 0.452. The number of rotatable bonds is 4. The third kappa shape index (κ3) is 6.73. The molecule has 1 saturated heterocycles. The summed E-state index contributed by atoms with van der Waals surface area (Å²) >= 11 is 0. The summed E-state index contributed by atoms with van der Waals surface area (Å²) in [5.41, 5.74) is 7.01. The van der Waals surface area contributed by atoms with E-state index in [1.807, 2.05) is 50.2 Å². The monoisotopic (exact) mass is 747 g/mol. The van der Waals surface area contributed by atoms with Crippen LogP contribution in [0.1, 0.15) is 105 Å². The van der Waals surface area contributed by atoms with Crippen molar-refractivity contribution in [1.29, 1.82) is 0 Å². The number of sulfonamides is 1. The van der Waals surface area contributed by atoms with E-state index in [1.54, 1.807) is 18.2 Å². The molecule has 8 rings (SSSR count). The molecule has 1 amide bonds. The van der Waals surface area contributed by atoms with Crippen LogP contribution >= 0.6 is 0 Å². The molecule has 12 heteroatoms. The number of hydrogen-bond acceptors (Lipinski definition) is 8. The summed E-state index contributed by atoms with van der Waals surface area (Å²) in [4.78, 5) is 36.5. The fourth-order valence-electron chi connectivity index (χ4n) is 8.75. The molecule has 0 spiro atoms. The molecule has 54 heavy (non-hydrogen) atoms. The van der Waals surface area contributed by atoms with E-state index in [9.17, 15) is 8.42 Å². The number of hydrogen-bond donors (Lipinski definition) is 1. The Morgan fingerprint density at radius 3 is 2.39 bits per heavy atom. The Hall–Kier alpha value is -4.84. The van der Waals surface area contributed by atoms with Gasteiger partial charge in [-0.15, -0.1) is 0 Å². The van der Waals surface area contributed by atoms with Gasteiger partial charge in [0.25, 0.3) is 15.9 Å². The van der Waals surface area contributed by atoms with E-state index in [4.69, 9.17) is 19.7 Å². The number of aryl methyl sites for hydroxylation is 3. The lowest BCUT2D eigenvalue weighted by Crippen LogP contribution is -2.49. The summed E-state index contributed by atoms with van der Waals surface area (Å²) in [7, 11) is -2.17. The number of nitrogens with one attached hydrogen (secondary N) is 1. The molecule has 2 fully saturated rings. The SMILES string of the molecule is Cc1cccc(C)c1-c1cc2nc(n1)NS(=O)(=O)c1cccc(c1)C(=O)N1C(c3cnc4cc(C(C)(C)C)n(C)c4n3)CCC[C@@H](CC3CCC3)[C@@H]1CO2. The minimum atomic E-state index is -4.19. The molecule has 1 unspecified atom stereocenters. The third-order valence-electron chi connectivity index (χ3n) is 11.7. The Kier molecular flexibility index (Phi) is 9.23. The van der Waals surface area contributed by atoms with Gasteiger partial charge < -0.3 is 14.2 Å². The van der Waals surface area contributed by atoms with Gasteiger partial charge in [-0.25, -0.2) is 23.1 Å². The predicted octanol–water partition coefficient (Wildman–Crippen LogP) is 8.08. The van der Waals surface area contributed by atoms with E-state index in [0.717, 1.165) is 52.8 Å². The van der Waals surface area contributed by atoms with Crippen LogP contribution in [0.2, 0.25) is 0 Å². The van der Waals surface area contributed by atoms with E-state index in [2.05, 4.69) is 41.1 Å². The minimum absolute atomic E-state index is 0.0511. The lowest BCUT2D eigenvalue weighted by molar-refractivity contribution is 0.0327. The molecule has 2 aromatic carbocycles. The molecule has 1 N–H and O–H groups in total. The summed E-state index contributed by atoms with van der Waals surface area (Å²) in [6.07, 6.45) is 8.92. The number of amides is 1. The van der Waals surface area contributed by atoms with Crippen molar-refractivity contribution >= 4 is 33.0 Å². The van der Waals surface area contributed by atoms with E-state index < -0.39 is 16.1 Å². The number of fused-ring (bicyclic) bond motifs is 6. The maximum atomic E-state index is 15.1. The predicted molar refractivity (Wildman–Crippen MR) is 209 cm³/mol. The van der Waals surface area contributed by atoms with Crippen molar-refractivity contribution in [3.8, 4) is 17.1 Å². The Balaban J connectivity index is 1.30. The first-order valence-electron chi connectivity index (χ1n) is 19.1. The van der Waals surface area contributed by atoms with Crippen LogP contribution < -0.4 is 9.46 Å². The van der Waals surface area contributed by atoms with Crippen molar-refractivity contribution < 1.29 is 17.9 Å². The molecule has 3 aromatic heterocycles. The Morgan fingerprint density at radius 1 is 0.926 bits per heavy atom. The number of ether oxygens (including phenoxy) is 1. The highest BCUT2D eigenvalue weighted by Crippen LogP contribution is 2.43.